The molecular formula is C13H23N3O2S2. The van der Waals surface area contributed by atoms with Gasteiger partial charge in [0.25, 0.3) is 0 Å². The third-order valence-electron chi connectivity index (χ3n) is 2.65. The predicted octanol–water partition coefficient (Wildman–Crippen LogP) is 1.63. The van der Waals surface area contributed by atoms with Crippen molar-refractivity contribution >= 4 is 27.1 Å². The summed E-state index contributed by atoms with van der Waals surface area (Å²) in [6, 6.07) is 2.11. The highest BCUT2D eigenvalue weighted by Crippen LogP contribution is 2.06. The van der Waals surface area contributed by atoms with E-state index >= 15 is 0 Å². The van der Waals surface area contributed by atoms with Gasteiger partial charge < -0.3 is 10.6 Å². The number of nitrogens with one attached hydrogen (secondary N) is 2. The first-order chi connectivity index (χ1) is 9.40. The van der Waals surface area contributed by atoms with E-state index in [2.05, 4.69) is 21.0 Å². The Bertz CT molecular complexity index is 510. The van der Waals surface area contributed by atoms with Crippen LogP contribution in [0.3, 0.4) is 0 Å². The minimum Gasteiger partial charge on any atom is -0.357 e. The van der Waals surface area contributed by atoms with Gasteiger partial charge in [0.1, 0.15) is 9.84 Å². The molecule has 1 aromatic rings. The fraction of sp³-hybridized carbons (Fsp3) is 0.615. The molecule has 114 valence electrons. The summed E-state index contributed by atoms with van der Waals surface area (Å²) in [5.74, 6) is 0.908. The highest BCUT2D eigenvalue weighted by atomic mass is 32.2. The number of hydrogen-bond acceptors (Lipinski definition) is 4. The zero-order chi connectivity index (χ0) is 15.0. The lowest BCUT2D eigenvalue weighted by Gasteiger charge is -2.17. The van der Waals surface area contributed by atoms with Crippen molar-refractivity contribution < 1.29 is 8.42 Å². The lowest BCUT2D eigenvalue weighted by molar-refractivity contribution is 0.581. The lowest BCUT2D eigenvalue weighted by Crippen LogP contribution is -2.42. The maximum absolute atomic E-state index is 11.2. The van der Waals surface area contributed by atoms with Gasteiger partial charge in [-0.3, -0.25) is 0 Å². The van der Waals surface area contributed by atoms with Crippen molar-refractivity contribution in [2.24, 2.45) is 4.99 Å². The minimum absolute atomic E-state index is 0.0602. The van der Waals surface area contributed by atoms with Gasteiger partial charge in [0, 0.05) is 18.8 Å². The quantitative estimate of drug-likeness (QED) is 0.592. The van der Waals surface area contributed by atoms with Gasteiger partial charge >= 0.3 is 0 Å². The Balaban J connectivity index is 2.51. The van der Waals surface area contributed by atoms with Crippen LogP contribution >= 0.6 is 11.3 Å². The smallest absolute Gasteiger partial charge is 0.191 e. The molecule has 0 fully saturated rings. The molecule has 1 unspecified atom stereocenters. The second kappa shape index (κ2) is 8.26. The van der Waals surface area contributed by atoms with Crippen molar-refractivity contribution in [3.63, 3.8) is 0 Å². The van der Waals surface area contributed by atoms with E-state index in [0.717, 1.165) is 12.5 Å². The summed E-state index contributed by atoms with van der Waals surface area (Å²) in [6.07, 6.45) is 1.83. The second-order valence-electron chi connectivity index (χ2n) is 4.79. The Kier molecular flexibility index (Phi) is 7.01. The van der Waals surface area contributed by atoms with Crippen LogP contribution in [0.5, 0.6) is 0 Å². The van der Waals surface area contributed by atoms with Crippen LogP contribution in [0.15, 0.2) is 21.8 Å². The minimum atomic E-state index is -2.91. The summed E-state index contributed by atoms with van der Waals surface area (Å²) < 4.78 is 22.3. The van der Waals surface area contributed by atoms with Gasteiger partial charge in [-0.1, -0.05) is 0 Å². The molecule has 0 spiro atoms. The third kappa shape index (κ3) is 7.49. The fourth-order valence-corrected chi connectivity index (χ4v) is 3.01. The molecule has 1 atom stereocenters. The first-order valence-corrected chi connectivity index (χ1v) is 9.64. The van der Waals surface area contributed by atoms with Crippen LogP contribution in [0.2, 0.25) is 0 Å². The Morgan fingerprint density at radius 1 is 1.50 bits per heavy atom. The second-order valence-corrected chi connectivity index (χ2v) is 7.83. The summed E-state index contributed by atoms with van der Waals surface area (Å²) in [5.41, 5.74) is 1.18. The molecule has 0 saturated carbocycles. The number of hydrogen-bond donors (Lipinski definition) is 2. The van der Waals surface area contributed by atoms with Gasteiger partial charge in [-0.05, 0) is 42.7 Å². The third-order valence-corrected chi connectivity index (χ3v) is 4.36. The first kappa shape index (κ1) is 17.0. The Morgan fingerprint density at radius 2 is 2.25 bits per heavy atom. The van der Waals surface area contributed by atoms with E-state index in [1.54, 1.807) is 11.3 Å². The highest BCUT2D eigenvalue weighted by molar-refractivity contribution is 7.90. The van der Waals surface area contributed by atoms with Crippen LogP contribution in [0.25, 0.3) is 0 Å². The Hall–Kier alpha value is -1.08. The maximum atomic E-state index is 11.2. The van der Waals surface area contributed by atoms with Gasteiger partial charge in [-0.25, -0.2) is 13.4 Å². The molecule has 0 saturated heterocycles. The zero-order valence-electron chi connectivity index (χ0n) is 12.2. The Labute approximate surface area is 125 Å². The van der Waals surface area contributed by atoms with Gasteiger partial charge in [-0.15, -0.1) is 0 Å². The first-order valence-electron chi connectivity index (χ1n) is 6.64. The zero-order valence-corrected chi connectivity index (χ0v) is 13.9. The van der Waals surface area contributed by atoms with Crippen molar-refractivity contribution in [1.29, 1.82) is 0 Å². The number of sulfone groups is 1. The normalized spacial score (nSPS) is 14.1. The summed E-state index contributed by atoms with van der Waals surface area (Å²) in [7, 11) is -2.91. The van der Waals surface area contributed by atoms with Crippen LogP contribution in [-0.4, -0.2) is 39.0 Å². The molecule has 5 nitrogen and oxygen atoms in total. The summed E-state index contributed by atoms with van der Waals surface area (Å²) in [4.78, 5) is 4.49. The van der Waals surface area contributed by atoms with E-state index in [9.17, 15) is 8.42 Å². The van der Waals surface area contributed by atoms with Crippen LogP contribution < -0.4 is 10.6 Å². The van der Waals surface area contributed by atoms with Gasteiger partial charge in [0.15, 0.2) is 5.96 Å². The SMILES string of the molecule is CCNC(=NCc1ccsc1)NC(C)CCS(C)(=O)=O. The number of thiophene rings is 1. The van der Waals surface area contributed by atoms with E-state index in [4.69, 9.17) is 0 Å². The summed E-state index contributed by atoms with van der Waals surface area (Å²) in [6.45, 7) is 5.36. The molecule has 1 heterocycles. The number of nitrogens with zero attached hydrogens (tertiary/aromatic N) is 1. The molecule has 1 aromatic heterocycles. The summed E-state index contributed by atoms with van der Waals surface area (Å²) in [5, 5.41) is 10.5. The topological polar surface area (TPSA) is 70.6 Å². The average Bonchev–Trinajstić information content (AvgIpc) is 2.86. The van der Waals surface area contributed by atoms with Crippen LogP contribution in [0.1, 0.15) is 25.8 Å². The fourth-order valence-electron chi connectivity index (χ4n) is 1.57. The molecular weight excluding hydrogens is 294 g/mol. The Morgan fingerprint density at radius 3 is 2.80 bits per heavy atom. The van der Waals surface area contributed by atoms with Crippen LogP contribution in [-0.2, 0) is 16.4 Å². The average molecular weight is 317 g/mol. The van der Waals surface area contributed by atoms with E-state index in [0.29, 0.717) is 13.0 Å². The van der Waals surface area contributed by atoms with Gasteiger partial charge in [0.05, 0.1) is 12.3 Å². The standard InChI is InChI=1S/C13H23N3O2S2/c1-4-14-13(15-9-12-5-7-19-10-12)16-11(2)6-8-20(3,17)18/h5,7,10-11H,4,6,8-9H2,1-3H3,(H2,14,15,16). The lowest BCUT2D eigenvalue weighted by atomic mass is 10.3. The predicted molar refractivity (Wildman–Crippen MR) is 86.1 cm³/mol. The molecule has 2 N–H and O–H groups in total. The molecule has 0 bridgehead atoms. The molecule has 0 amide bonds. The molecule has 7 heteroatoms. The monoisotopic (exact) mass is 317 g/mol. The highest BCUT2D eigenvalue weighted by Gasteiger charge is 2.09. The van der Waals surface area contributed by atoms with E-state index in [1.807, 2.05) is 25.3 Å². The van der Waals surface area contributed by atoms with Crippen LogP contribution in [0.4, 0.5) is 0 Å². The molecule has 0 aromatic carbocycles. The maximum Gasteiger partial charge on any atom is 0.191 e. The number of rotatable bonds is 7. The van der Waals surface area contributed by atoms with Crippen molar-refractivity contribution in [2.75, 3.05) is 18.6 Å². The molecule has 0 aliphatic rings. The van der Waals surface area contributed by atoms with Crippen molar-refractivity contribution in [3.8, 4) is 0 Å². The summed E-state index contributed by atoms with van der Waals surface area (Å²) >= 11 is 1.65. The number of guanidine groups is 1. The van der Waals surface area contributed by atoms with Crippen molar-refractivity contribution in [3.05, 3.63) is 22.4 Å². The molecule has 20 heavy (non-hydrogen) atoms. The molecule has 0 aliphatic carbocycles. The van der Waals surface area contributed by atoms with Gasteiger partial charge in [-0.2, -0.15) is 11.3 Å². The molecule has 0 aliphatic heterocycles. The number of aliphatic imine (C=N–C) groups is 1. The van der Waals surface area contributed by atoms with Gasteiger partial charge in [0.2, 0.25) is 0 Å². The van der Waals surface area contributed by atoms with Crippen LogP contribution in [0, 0.1) is 0 Å². The largest absolute Gasteiger partial charge is 0.357 e. The van der Waals surface area contributed by atoms with Crippen molar-refractivity contribution in [2.45, 2.75) is 32.9 Å². The van der Waals surface area contributed by atoms with E-state index in [1.165, 1.54) is 11.8 Å². The van der Waals surface area contributed by atoms with Crippen molar-refractivity contribution in [1.82, 2.24) is 10.6 Å². The van der Waals surface area contributed by atoms with E-state index < -0.39 is 9.84 Å². The molecule has 0 radical (unpaired) electrons. The molecule has 1 rings (SSSR count). The van der Waals surface area contributed by atoms with E-state index in [-0.39, 0.29) is 11.8 Å².